The number of aromatic nitrogens is 1. The van der Waals surface area contributed by atoms with E-state index >= 15 is 0 Å². The van der Waals surface area contributed by atoms with Gasteiger partial charge in [0.05, 0.1) is 12.1 Å². The first-order valence-corrected chi connectivity index (χ1v) is 9.52. The summed E-state index contributed by atoms with van der Waals surface area (Å²) >= 11 is 0. The van der Waals surface area contributed by atoms with Gasteiger partial charge in [-0.2, -0.15) is 5.26 Å². The molecule has 0 radical (unpaired) electrons. The maximum absolute atomic E-state index is 11.7. The summed E-state index contributed by atoms with van der Waals surface area (Å²) < 4.78 is 5.64. The number of rotatable bonds is 13. The van der Waals surface area contributed by atoms with Crippen molar-refractivity contribution in [1.29, 1.82) is 5.26 Å². The zero-order chi connectivity index (χ0) is 22.6. The fraction of sp³-hybridized carbons (Fsp3) is 0.421. The molecule has 0 saturated heterocycles. The molecule has 1 aromatic carbocycles. The van der Waals surface area contributed by atoms with E-state index in [0.717, 1.165) is 0 Å². The molecule has 4 N–H and O–H groups in total. The van der Waals surface area contributed by atoms with E-state index in [4.69, 9.17) is 10.00 Å². The average Bonchev–Trinajstić information content (AvgIpc) is 2.74. The van der Waals surface area contributed by atoms with Gasteiger partial charge >= 0.3 is 0 Å². The van der Waals surface area contributed by atoms with Crippen LogP contribution < -0.4 is 20.9 Å². The molecule has 166 valence electrons. The van der Waals surface area contributed by atoms with Gasteiger partial charge in [0, 0.05) is 31.4 Å². The Hall–Kier alpha value is -3.69. The van der Waals surface area contributed by atoms with Crippen LogP contribution in [0.3, 0.4) is 0 Å². The van der Waals surface area contributed by atoms with Gasteiger partial charge in [0.25, 0.3) is 10.6 Å². The number of ether oxygens (including phenoxy) is 1. The summed E-state index contributed by atoms with van der Waals surface area (Å²) in [7, 11) is 0. The Morgan fingerprint density at radius 2 is 2.19 bits per heavy atom. The normalized spacial score (nSPS) is 11.5. The molecule has 12 nitrogen and oxygen atoms in total. The van der Waals surface area contributed by atoms with Crippen molar-refractivity contribution in [2.75, 3.05) is 32.8 Å². The second-order valence-corrected chi connectivity index (χ2v) is 6.52. The van der Waals surface area contributed by atoms with Crippen LogP contribution in [0.1, 0.15) is 18.4 Å². The van der Waals surface area contributed by atoms with Crippen LogP contribution in [0.5, 0.6) is 5.75 Å². The molecule has 0 aliphatic carbocycles. The van der Waals surface area contributed by atoms with Crippen LogP contribution >= 0.6 is 0 Å². The number of amides is 1. The topological polar surface area (TPSA) is 180 Å². The van der Waals surface area contributed by atoms with Gasteiger partial charge in [-0.25, -0.2) is 0 Å². The summed E-state index contributed by atoms with van der Waals surface area (Å²) in [5.41, 5.74) is 0.0151. The SMILES string of the molecule is N#Cc1cc2c(OCC(O)CNCCNC(=O)CCCO[N+](=O)[O-])cccc2[nH]c1=O. The Labute approximate surface area is 176 Å². The van der Waals surface area contributed by atoms with E-state index in [-0.39, 0.29) is 44.1 Å². The molecule has 0 aliphatic heterocycles. The Bertz CT molecular complexity index is 1000. The molecule has 1 unspecified atom stereocenters. The molecular weight excluding hydrogens is 410 g/mol. The first-order valence-electron chi connectivity index (χ1n) is 9.52. The molecule has 0 bridgehead atoms. The lowest BCUT2D eigenvalue weighted by molar-refractivity contribution is -0.757. The van der Waals surface area contributed by atoms with Crippen molar-refractivity contribution in [1.82, 2.24) is 15.6 Å². The summed E-state index contributed by atoms with van der Waals surface area (Å²) in [4.78, 5) is 40.0. The lowest BCUT2D eigenvalue weighted by Crippen LogP contribution is -2.37. The minimum atomic E-state index is -0.901. The minimum absolute atomic E-state index is 0.0179. The monoisotopic (exact) mass is 433 g/mol. The van der Waals surface area contributed by atoms with Crippen molar-refractivity contribution in [2.45, 2.75) is 18.9 Å². The van der Waals surface area contributed by atoms with E-state index in [9.17, 15) is 24.8 Å². The van der Waals surface area contributed by atoms with Crippen LogP contribution in [0.2, 0.25) is 0 Å². The van der Waals surface area contributed by atoms with E-state index in [1.165, 1.54) is 6.07 Å². The number of carbonyl (C=O) groups is 1. The zero-order valence-electron chi connectivity index (χ0n) is 16.6. The van der Waals surface area contributed by atoms with Crippen LogP contribution in [0.25, 0.3) is 10.9 Å². The predicted molar refractivity (Wildman–Crippen MR) is 109 cm³/mol. The number of pyridine rings is 1. The summed E-state index contributed by atoms with van der Waals surface area (Å²) in [5.74, 6) is 0.181. The van der Waals surface area contributed by atoms with E-state index in [1.54, 1.807) is 18.2 Å². The van der Waals surface area contributed by atoms with Crippen LogP contribution in [-0.4, -0.2) is 60.0 Å². The molecule has 31 heavy (non-hydrogen) atoms. The van der Waals surface area contributed by atoms with Crippen LogP contribution in [0.15, 0.2) is 29.1 Å². The minimum Gasteiger partial charge on any atom is -0.490 e. The van der Waals surface area contributed by atoms with Gasteiger partial charge in [-0.15, -0.1) is 10.1 Å². The van der Waals surface area contributed by atoms with Crippen LogP contribution in [0, 0.1) is 21.4 Å². The van der Waals surface area contributed by atoms with Crippen molar-refractivity contribution < 1.29 is 24.6 Å². The second-order valence-electron chi connectivity index (χ2n) is 6.52. The Balaban J connectivity index is 1.68. The van der Waals surface area contributed by atoms with Gasteiger partial charge in [0.15, 0.2) is 0 Å². The predicted octanol–water partition coefficient (Wildman–Crippen LogP) is -0.166. The quantitative estimate of drug-likeness (QED) is 0.189. The molecule has 0 spiro atoms. The Morgan fingerprint density at radius 1 is 1.39 bits per heavy atom. The van der Waals surface area contributed by atoms with Crippen LogP contribution in [0.4, 0.5) is 0 Å². The van der Waals surface area contributed by atoms with Crippen molar-refractivity contribution in [3.8, 4) is 11.8 Å². The number of aliphatic hydroxyl groups is 1. The summed E-state index contributed by atoms with van der Waals surface area (Å²) in [6.07, 6.45) is -0.467. The number of hydrogen-bond donors (Lipinski definition) is 4. The van der Waals surface area contributed by atoms with Crippen molar-refractivity contribution in [2.24, 2.45) is 0 Å². The third kappa shape index (κ3) is 7.92. The number of aliphatic hydroxyl groups excluding tert-OH is 1. The standard InChI is InChI=1S/C19H23N5O7/c20-10-13-9-15-16(23-19(13)27)3-1-4-17(15)30-12-14(25)11-21-6-7-22-18(26)5-2-8-31-24(28)29/h1,3-4,9,14,21,25H,2,5-8,11-12H2,(H,22,26)(H,23,27). The molecule has 1 amide bonds. The number of H-pyrrole nitrogens is 1. The highest BCUT2D eigenvalue weighted by Gasteiger charge is 2.10. The maximum Gasteiger partial charge on any atom is 0.294 e. The zero-order valence-corrected chi connectivity index (χ0v) is 16.6. The largest absolute Gasteiger partial charge is 0.490 e. The van der Waals surface area contributed by atoms with Crippen LogP contribution in [-0.2, 0) is 9.63 Å². The summed E-state index contributed by atoms with van der Waals surface area (Å²) in [6, 6.07) is 8.32. The molecule has 2 aromatic rings. The van der Waals surface area contributed by atoms with E-state index in [1.807, 2.05) is 6.07 Å². The Morgan fingerprint density at radius 3 is 2.94 bits per heavy atom. The third-order valence-corrected chi connectivity index (χ3v) is 4.15. The Kier molecular flexibility index (Phi) is 9.21. The average molecular weight is 433 g/mol. The molecule has 0 fully saturated rings. The molecule has 0 aliphatic rings. The van der Waals surface area contributed by atoms with Crippen molar-refractivity contribution in [3.05, 3.63) is 50.3 Å². The number of carbonyl (C=O) groups excluding carboxylic acids is 1. The lowest BCUT2D eigenvalue weighted by Gasteiger charge is -2.15. The van der Waals surface area contributed by atoms with Gasteiger partial charge in [-0.1, -0.05) is 6.07 Å². The highest BCUT2D eigenvalue weighted by Crippen LogP contribution is 2.24. The number of benzene rings is 1. The number of aromatic amines is 1. The van der Waals surface area contributed by atoms with E-state index in [0.29, 0.717) is 29.7 Å². The number of nitrogens with one attached hydrogen (secondary N) is 3. The molecule has 1 heterocycles. The number of nitriles is 1. The first kappa shape index (κ1) is 23.6. The fourth-order valence-electron chi connectivity index (χ4n) is 2.67. The molecular formula is C19H23N5O7. The summed E-state index contributed by atoms with van der Waals surface area (Å²) in [5, 5.41) is 34.4. The molecule has 0 saturated carbocycles. The smallest absolute Gasteiger partial charge is 0.294 e. The number of nitrogens with zero attached hydrogens (tertiary/aromatic N) is 2. The van der Waals surface area contributed by atoms with Gasteiger partial charge in [-0.3, -0.25) is 9.59 Å². The third-order valence-electron chi connectivity index (χ3n) is 4.15. The lowest BCUT2D eigenvalue weighted by atomic mass is 10.1. The van der Waals surface area contributed by atoms with Crippen molar-refractivity contribution in [3.63, 3.8) is 0 Å². The molecule has 12 heteroatoms. The molecule has 1 atom stereocenters. The summed E-state index contributed by atoms with van der Waals surface area (Å²) in [6.45, 7) is 0.814. The van der Waals surface area contributed by atoms with Gasteiger partial charge in [-0.05, 0) is 24.6 Å². The highest BCUT2D eigenvalue weighted by molar-refractivity contribution is 5.85. The van der Waals surface area contributed by atoms with Crippen molar-refractivity contribution >= 4 is 16.8 Å². The highest BCUT2D eigenvalue weighted by atomic mass is 16.9. The first-order chi connectivity index (χ1) is 14.9. The van der Waals surface area contributed by atoms with Gasteiger partial charge in [0.1, 0.15) is 30.1 Å². The second kappa shape index (κ2) is 12.1. The fourth-order valence-corrected chi connectivity index (χ4v) is 2.67. The van der Waals surface area contributed by atoms with E-state index in [2.05, 4.69) is 20.5 Å². The number of hydrogen-bond acceptors (Lipinski definition) is 9. The van der Waals surface area contributed by atoms with E-state index < -0.39 is 16.7 Å². The molecule has 2 rings (SSSR count). The number of fused-ring (bicyclic) bond motifs is 1. The molecule has 1 aromatic heterocycles. The van der Waals surface area contributed by atoms with Gasteiger partial charge in [0.2, 0.25) is 5.91 Å². The maximum atomic E-state index is 11.7. The van der Waals surface area contributed by atoms with Gasteiger partial charge < -0.3 is 30.3 Å².